The molecule has 2 rings (SSSR count). The van der Waals surface area contributed by atoms with E-state index in [-0.39, 0.29) is 5.69 Å². The zero-order valence-electron chi connectivity index (χ0n) is 11.9. The largest absolute Gasteiger partial charge is 0.397 e. The van der Waals surface area contributed by atoms with Crippen molar-refractivity contribution in [2.75, 3.05) is 0 Å². The number of hydrogen-bond donors (Lipinski definition) is 2. The number of allylic oxidation sites excluding steroid dienone is 2. The van der Waals surface area contributed by atoms with Crippen molar-refractivity contribution in [3.8, 4) is 0 Å². The number of rotatable bonds is 5. The van der Waals surface area contributed by atoms with Crippen molar-refractivity contribution in [2.45, 2.75) is 32.2 Å². The van der Waals surface area contributed by atoms with Crippen molar-refractivity contribution >= 4 is 5.69 Å². The van der Waals surface area contributed by atoms with E-state index in [9.17, 15) is 10.1 Å². The van der Waals surface area contributed by atoms with Crippen molar-refractivity contribution < 1.29 is 4.92 Å². The first-order chi connectivity index (χ1) is 10.1. The van der Waals surface area contributed by atoms with Crippen LogP contribution < -0.4 is 11.6 Å². The van der Waals surface area contributed by atoms with Crippen LogP contribution in [-0.4, -0.2) is 9.93 Å². The van der Waals surface area contributed by atoms with Gasteiger partial charge in [-0.1, -0.05) is 18.2 Å². The first-order valence-electron chi connectivity index (χ1n) is 6.97. The molecule has 0 heterocycles. The Labute approximate surface area is 123 Å². The molecule has 0 amide bonds. The fraction of sp³-hybridized carbons (Fsp3) is 0.333. The van der Waals surface area contributed by atoms with Crippen LogP contribution in [0.25, 0.3) is 0 Å². The molecule has 21 heavy (non-hydrogen) atoms. The fourth-order valence-corrected chi connectivity index (χ4v) is 2.34. The molecule has 0 radical (unpaired) electrons. The third-order valence-electron chi connectivity index (χ3n) is 3.48. The second kappa shape index (κ2) is 6.90. The van der Waals surface area contributed by atoms with Crippen LogP contribution in [-0.2, 0) is 6.54 Å². The first kappa shape index (κ1) is 15.1. The molecule has 6 nitrogen and oxygen atoms in total. The highest BCUT2D eigenvalue weighted by molar-refractivity contribution is 5.33. The van der Waals surface area contributed by atoms with E-state index in [1.54, 1.807) is 18.3 Å². The zero-order chi connectivity index (χ0) is 15.2. The molecule has 112 valence electrons. The van der Waals surface area contributed by atoms with Gasteiger partial charge >= 0.3 is 0 Å². The number of nitrogens with two attached hydrogens (primary N) is 2. The lowest BCUT2D eigenvalue weighted by molar-refractivity contribution is -0.384. The summed E-state index contributed by atoms with van der Waals surface area (Å²) in [5.74, 6) is 5.93. The predicted octanol–water partition coefficient (Wildman–Crippen LogP) is 2.57. The lowest BCUT2D eigenvalue weighted by Crippen LogP contribution is -2.26. The molecule has 0 atom stereocenters. The second-order valence-corrected chi connectivity index (χ2v) is 5.16. The van der Waals surface area contributed by atoms with Crippen molar-refractivity contribution in [3.63, 3.8) is 0 Å². The molecule has 0 saturated heterocycles. The van der Waals surface area contributed by atoms with E-state index >= 15 is 0 Å². The number of benzene rings is 1. The minimum atomic E-state index is -0.419. The van der Waals surface area contributed by atoms with Gasteiger partial charge in [0.05, 0.1) is 17.2 Å². The minimum absolute atomic E-state index is 0.0738. The topological polar surface area (TPSA) is 98.4 Å². The summed E-state index contributed by atoms with van der Waals surface area (Å²) in [4.78, 5) is 10.2. The van der Waals surface area contributed by atoms with Gasteiger partial charge in [-0.15, -0.1) is 0 Å². The molecule has 1 aromatic rings. The van der Waals surface area contributed by atoms with Crippen LogP contribution in [0, 0.1) is 10.1 Å². The molecule has 0 saturated carbocycles. The van der Waals surface area contributed by atoms with E-state index in [0.29, 0.717) is 12.2 Å². The molecule has 0 spiro atoms. The number of hydrogen-bond acceptors (Lipinski definition) is 5. The molecule has 1 aliphatic carbocycles. The van der Waals surface area contributed by atoms with Crippen molar-refractivity contribution in [3.05, 3.63) is 63.5 Å². The third-order valence-corrected chi connectivity index (χ3v) is 3.48. The van der Waals surface area contributed by atoms with Gasteiger partial charge < -0.3 is 10.7 Å². The molecule has 0 aliphatic heterocycles. The van der Waals surface area contributed by atoms with Gasteiger partial charge in [0, 0.05) is 18.3 Å². The highest BCUT2D eigenvalue weighted by atomic mass is 16.6. The maximum Gasteiger partial charge on any atom is 0.269 e. The van der Waals surface area contributed by atoms with Crippen LogP contribution in [0.3, 0.4) is 0 Å². The lowest BCUT2D eigenvalue weighted by Gasteiger charge is -2.18. The van der Waals surface area contributed by atoms with Crippen LogP contribution >= 0.6 is 0 Å². The Kier molecular flexibility index (Phi) is 4.94. The summed E-state index contributed by atoms with van der Waals surface area (Å²) < 4.78 is 0. The average Bonchev–Trinajstić information content (AvgIpc) is 2.48. The molecule has 0 fully saturated rings. The maximum atomic E-state index is 10.6. The molecule has 1 aliphatic rings. The molecular weight excluding hydrogens is 268 g/mol. The molecule has 0 bridgehead atoms. The van der Waals surface area contributed by atoms with E-state index in [0.717, 1.165) is 30.4 Å². The minimum Gasteiger partial charge on any atom is -0.397 e. The Morgan fingerprint density at radius 1 is 1.33 bits per heavy atom. The molecule has 1 aromatic carbocycles. The Bertz CT molecular complexity index is 564. The summed E-state index contributed by atoms with van der Waals surface area (Å²) in [5, 5.41) is 12.1. The van der Waals surface area contributed by atoms with Crippen LogP contribution in [0.15, 0.2) is 47.8 Å². The number of non-ortho nitro benzene ring substituents is 1. The smallest absolute Gasteiger partial charge is 0.269 e. The molecule has 4 N–H and O–H groups in total. The monoisotopic (exact) mass is 288 g/mol. The summed E-state index contributed by atoms with van der Waals surface area (Å²) >= 11 is 0. The van der Waals surface area contributed by atoms with Gasteiger partial charge in [0.25, 0.3) is 5.69 Å². The molecule has 0 aromatic heterocycles. The van der Waals surface area contributed by atoms with E-state index in [2.05, 4.69) is 6.08 Å². The van der Waals surface area contributed by atoms with Crippen molar-refractivity contribution in [2.24, 2.45) is 11.6 Å². The number of nitrogens with zero attached hydrogens (tertiary/aromatic N) is 2. The highest BCUT2D eigenvalue weighted by Gasteiger charge is 2.08. The van der Waals surface area contributed by atoms with Gasteiger partial charge in [0.2, 0.25) is 0 Å². The van der Waals surface area contributed by atoms with Gasteiger partial charge in [0.15, 0.2) is 0 Å². The highest BCUT2D eigenvalue weighted by Crippen LogP contribution is 2.21. The average molecular weight is 288 g/mol. The number of hydrazine groups is 1. The van der Waals surface area contributed by atoms with Crippen LogP contribution in [0.4, 0.5) is 5.69 Å². The van der Waals surface area contributed by atoms with Crippen LogP contribution in [0.1, 0.15) is 31.2 Å². The van der Waals surface area contributed by atoms with Crippen LogP contribution in [0.2, 0.25) is 0 Å². The zero-order valence-corrected chi connectivity index (χ0v) is 11.9. The van der Waals surface area contributed by atoms with Crippen molar-refractivity contribution in [1.29, 1.82) is 0 Å². The Hall–Kier alpha value is -2.34. The Balaban J connectivity index is 1.98. The number of nitro groups is 1. The summed E-state index contributed by atoms with van der Waals surface area (Å²) in [6.45, 7) is 0.450. The Morgan fingerprint density at radius 3 is 2.62 bits per heavy atom. The second-order valence-electron chi connectivity index (χ2n) is 5.16. The number of nitro benzene ring substituents is 1. The quantitative estimate of drug-likeness (QED) is 0.493. The lowest BCUT2D eigenvalue weighted by atomic mass is 9.98. The standard InChI is InChI=1S/C15H20N4O2/c16-15(13-4-2-1-3-5-13)11-18(17)10-12-6-8-14(9-7-12)19(20)21/h4,6-9,11H,1-3,5,10,16-17H2/b15-11-. The van der Waals surface area contributed by atoms with E-state index < -0.39 is 4.92 Å². The van der Waals surface area contributed by atoms with E-state index in [4.69, 9.17) is 11.6 Å². The fourth-order valence-electron chi connectivity index (χ4n) is 2.34. The predicted molar refractivity (Wildman–Crippen MR) is 81.6 cm³/mol. The normalized spacial score (nSPS) is 15.5. The molecule has 6 heteroatoms. The van der Waals surface area contributed by atoms with Crippen LogP contribution in [0.5, 0.6) is 0 Å². The van der Waals surface area contributed by atoms with E-state index in [1.165, 1.54) is 23.6 Å². The summed E-state index contributed by atoms with van der Waals surface area (Å²) in [6, 6.07) is 6.34. The summed E-state index contributed by atoms with van der Waals surface area (Å²) in [5.41, 5.74) is 8.86. The Morgan fingerprint density at radius 2 is 2.05 bits per heavy atom. The van der Waals surface area contributed by atoms with E-state index in [1.807, 2.05) is 0 Å². The van der Waals surface area contributed by atoms with Crippen molar-refractivity contribution in [1.82, 2.24) is 5.01 Å². The van der Waals surface area contributed by atoms with Gasteiger partial charge in [0.1, 0.15) is 0 Å². The van der Waals surface area contributed by atoms with Gasteiger partial charge in [-0.05, 0) is 36.8 Å². The van der Waals surface area contributed by atoms with Gasteiger partial charge in [-0.3, -0.25) is 10.1 Å². The van der Waals surface area contributed by atoms with Gasteiger partial charge in [-0.2, -0.15) is 0 Å². The maximum absolute atomic E-state index is 10.6. The summed E-state index contributed by atoms with van der Waals surface area (Å²) in [6.07, 6.45) is 8.32. The van der Waals surface area contributed by atoms with Gasteiger partial charge in [-0.25, -0.2) is 5.84 Å². The molecule has 0 unspecified atom stereocenters. The molecular formula is C15H20N4O2. The summed E-state index contributed by atoms with van der Waals surface area (Å²) in [7, 11) is 0. The SMILES string of the molecule is N/C(=C\N(N)Cc1ccc([N+](=O)[O-])cc1)C1=CCCCC1. The third kappa shape index (κ3) is 4.32. The first-order valence-corrected chi connectivity index (χ1v) is 6.97.